The largest absolute Gasteiger partial charge is 0.496 e. The van der Waals surface area contributed by atoms with Crippen molar-refractivity contribution in [3.8, 4) is 5.75 Å². The third kappa shape index (κ3) is 4.06. The summed E-state index contributed by atoms with van der Waals surface area (Å²) in [6, 6.07) is 11.0. The minimum Gasteiger partial charge on any atom is -0.496 e. The predicted octanol–water partition coefficient (Wildman–Crippen LogP) is 2.65. The highest BCUT2D eigenvalue weighted by molar-refractivity contribution is 7.89. The van der Waals surface area contributed by atoms with Crippen LogP contribution in [-0.4, -0.2) is 50.9 Å². The van der Waals surface area contributed by atoms with E-state index in [-0.39, 0.29) is 4.90 Å². The van der Waals surface area contributed by atoms with Crippen molar-refractivity contribution in [3.63, 3.8) is 0 Å². The first-order valence-corrected chi connectivity index (χ1v) is 9.96. The molecule has 0 spiro atoms. The van der Waals surface area contributed by atoms with E-state index in [0.717, 1.165) is 17.9 Å². The van der Waals surface area contributed by atoms with Crippen molar-refractivity contribution in [2.75, 3.05) is 33.3 Å². The van der Waals surface area contributed by atoms with Crippen molar-refractivity contribution in [3.05, 3.63) is 59.4 Å². The Labute approximate surface area is 154 Å². The molecule has 7 heteroatoms. The third-order valence-electron chi connectivity index (χ3n) is 4.61. The zero-order valence-corrected chi connectivity index (χ0v) is 15.8. The molecule has 0 aliphatic carbocycles. The average molecular weight is 378 g/mol. The Bertz CT molecular complexity index is 861. The average Bonchev–Trinajstić information content (AvgIpc) is 2.63. The number of hydrogen-bond donors (Lipinski definition) is 0. The van der Waals surface area contributed by atoms with E-state index in [4.69, 9.17) is 4.74 Å². The van der Waals surface area contributed by atoms with Crippen LogP contribution >= 0.6 is 0 Å². The lowest BCUT2D eigenvalue weighted by Crippen LogP contribution is -2.48. The minimum atomic E-state index is -3.58. The van der Waals surface area contributed by atoms with Gasteiger partial charge in [-0.2, -0.15) is 4.31 Å². The number of hydrogen-bond acceptors (Lipinski definition) is 4. The highest BCUT2D eigenvalue weighted by Crippen LogP contribution is 2.23. The molecule has 3 rings (SSSR count). The van der Waals surface area contributed by atoms with Gasteiger partial charge in [0.05, 0.1) is 12.0 Å². The Hall–Kier alpha value is -1.96. The summed E-state index contributed by atoms with van der Waals surface area (Å²) >= 11 is 0. The standard InChI is InChI=1S/C19H23FN2O3S/c1-15-3-8-19(25-2)16(13-15)14-21-9-11-22(12-10-21)26(23,24)18-6-4-17(20)5-7-18/h3-8,13H,9-12,14H2,1-2H3. The van der Waals surface area contributed by atoms with E-state index in [9.17, 15) is 12.8 Å². The summed E-state index contributed by atoms with van der Waals surface area (Å²) in [5, 5.41) is 0. The van der Waals surface area contributed by atoms with Crippen LogP contribution in [0, 0.1) is 12.7 Å². The Morgan fingerprint density at radius 2 is 1.69 bits per heavy atom. The molecule has 0 bridgehead atoms. The topological polar surface area (TPSA) is 49.9 Å². The molecule has 0 aromatic heterocycles. The summed E-state index contributed by atoms with van der Waals surface area (Å²) < 4.78 is 45.3. The Morgan fingerprint density at radius 1 is 1.04 bits per heavy atom. The molecule has 5 nitrogen and oxygen atoms in total. The van der Waals surface area contributed by atoms with Crippen LogP contribution in [0.2, 0.25) is 0 Å². The van der Waals surface area contributed by atoms with Crippen molar-refractivity contribution >= 4 is 10.0 Å². The van der Waals surface area contributed by atoms with Crippen LogP contribution in [0.3, 0.4) is 0 Å². The van der Waals surface area contributed by atoms with Crippen LogP contribution in [0.5, 0.6) is 5.75 Å². The summed E-state index contributed by atoms with van der Waals surface area (Å²) in [4.78, 5) is 2.35. The fourth-order valence-electron chi connectivity index (χ4n) is 3.16. The molecule has 1 fully saturated rings. The van der Waals surface area contributed by atoms with Gasteiger partial charge in [-0.05, 0) is 37.3 Å². The van der Waals surface area contributed by atoms with Gasteiger partial charge in [-0.3, -0.25) is 4.90 Å². The number of benzene rings is 2. The van der Waals surface area contributed by atoms with Gasteiger partial charge in [0.25, 0.3) is 0 Å². The van der Waals surface area contributed by atoms with Crippen molar-refractivity contribution in [2.24, 2.45) is 0 Å². The van der Waals surface area contributed by atoms with Gasteiger partial charge < -0.3 is 4.74 Å². The molecule has 0 N–H and O–H groups in total. The molecule has 2 aromatic carbocycles. The first-order valence-electron chi connectivity index (χ1n) is 8.52. The molecule has 1 heterocycles. The van der Waals surface area contributed by atoms with Gasteiger partial charge in [0, 0.05) is 38.3 Å². The van der Waals surface area contributed by atoms with E-state index in [2.05, 4.69) is 11.0 Å². The highest BCUT2D eigenvalue weighted by Gasteiger charge is 2.28. The fraction of sp³-hybridized carbons (Fsp3) is 0.368. The van der Waals surface area contributed by atoms with Crippen LogP contribution in [0.1, 0.15) is 11.1 Å². The van der Waals surface area contributed by atoms with Gasteiger partial charge in [0.15, 0.2) is 0 Å². The first-order chi connectivity index (χ1) is 12.4. The van der Waals surface area contributed by atoms with E-state index in [1.54, 1.807) is 7.11 Å². The molecule has 0 unspecified atom stereocenters. The Morgan fingerprint density at radius 3 is 2.31 bits per heavy atom. The lowest BCUT2D eigenvalue weighted by Gasteiger charge is -2.34. The number of nitrogens with zero attached hydrogens (tertiary/aromatic N) is 2. The van der Waals surface area contributed by atoms with Crippen LogP contribution < -0.4 is 4.74 Å². The summed E-state index contributed by atoms with van der Waals surface area (Å²) in [6.07, 6.45) is 0. The minimum absolute atomic E-state index is 0.132. The van der Waals surface area contributed by atoms with E-state index < -0.39 is 15.8 Å². The molecule has 1 aliphatic rings. The SMILES string of the molecule is COc1ccc(C)cc1CN1CCN(S(=O)(=O)c2ccc(F)cc2)CC1. The van der Waals surface area contributed by atoms with Gasteiger partial charge >= 0.3 is 0 Å². The normalized spacial score (nSPS) is 16.6. The van der Waals surface area contributed by atoms with Crippen LogP contribution in [0.15, 0.2) is 47.4 Å². The third-order valence-corrected chi connectivity index (χ3v) is 6.53. The number of halogens is 1. The van der Waals surface area contributed by atoms with E-state index in [0.29, 0.717) is 26.2 Å². The van der Waals surface area contributed by atoms with Crippen molar-refractivity contribution in [2.45, 2.75) is 18.4 Å². The molecule has 0 saturated carbocycles. The second-order valence-electron chi connectivity index (χ2n) is 6.45. The molecule has 0 radical (unpaired) electrons. The van der Waals surface area contributed by atoms with Gasteiger partial charge in [0.2, 0.25) is 10.0 Å². The Kier molecular flexibility index (Phi) is 5.60. The van der Waals surface area contributed by atoms with Gasteiger partial charge in [-0.25, -0.2) is 12.8 Å². The zero-order chi connectivity index (χ0) is 18.7. The van der Waals surface area contributed by atoms with Crippen LogP contribution in [0.4, 0.5) is 4.39 Å². The van der Waals surface area contributed by atoms with Crippen LogP contribution in [-0.2, 0) is 16.6 Å². The van der Waals surface area contributed by atoms with Crippen LogP contribution in [0.25, 0.3) is 0 Å². The highest BCUT2D eigenvalue weighted by atomic mass is 32.2. The maximum atomic E-state index is 13.0. The van der Waals surface area contributed by atoms with E-state index in [1.165, 1.54) is 34.1 Å². The molecule has 0 atom stereocenters. The second kappa shape index (κ2) is 7.73. The quantitative estimate of drug-likeness (QED) is 0.803. The maximum Gasteiger partial charge on any atom is 0.243 e. The van der Waals surface area contributed by atoms with Gasteiger partial charge in [-0.1, -0.05) is 17.7 Å². The number of piperazine rings is 1. The number of aryl methyl sites for hydroxylation is 1. The van der Waals surface area contributed by atoms with Crippen molar-refractivity contribution < 1.29 is 17.5 Å². The number of sulfonamides is 1. The monoisotopic (exact) mass is 378 g/mol. The molecule has 140 valence electrons. The zero-order valence-electron chi connectivity index (χ0n) is 15.0. The lowest BCUT2D eigenvalue weighted by atomic mass is 10.1. The number of ether oxygens (including phenoxy) is 1. The van der Waals surface area contributed by atoms with Gasteiger partial charge in [0.1, 0.15) is 11.6 Å². The maximum absolute atomic E-state index is 13.0. The summed E-state index contributed by atoms with van der Waals surface area (Å²) in [7, 11) is -1.93. The molecular formula is C19H23FN2O3S. The van der Waals surface area contributed by atoms with Crippen molar-refractivity contribution in [1.82, 2.24) is 9.21 Å². The van der Waals surface area contributed by atoms with Crippen molar-refractivity contribution in [1.29, 1.82) is 0 Å². The number of rotatable bonds is 5. The summed E-state index contributed by atoms with van der Waals surface area (Å²) in [5.74, 6) is 0.401. The Balaban J connectivity index is 1.66. The number of methoxy groups -OCH3 is 1. The summed E-state index contributed by atoms with van der Waals surface area (Å²) in [6.45, 7) is 4.85. The van der Waals surface area contributed by atoms with Gasteiger partial charge in [-0.15, -0.1) is 0 Å². The molecule has 1 aliphatic heterocycles. The predicted molar refractivity (Wildman–Crippen MR) is 98.2 cm³/mol. The van der Waals surface area contributed by atoms with E-state index >= 15 is 0 Å². The molecule has 2 aromatic rings. The molecule has 26 heavy (non-hydrogen) atoms. The molecule has 0 amide bonds. The summed E-state index contributed by atoms with van der Waals surface area (Å²) in [5.41, 5.74) is 2.26. The first kappa shape index (κ1) is 18.8. The second-order valence-corrected chi connectivity index (χ2v) is 8.39. The molecule has 1 saturated heterocycles. The lowest BCUT2D eigenvalue weighted by molar-refractivity contribution is 0.180. The molecular weight excluding hydrogens is 355 g/mol. The smallest absolute Gasteiger partial charge is 0.243 e. The fourth-order valence-corrected chi connectivity index (χ4v) is 4.58. The van der Waals surface area contributed by atoms with E-state index in [1.807, 2.05) is 19.1 Å².